The summed E-state index contributed by atoms with van der Waals surface area (Å²) in [4.78, 5) is 5.91. The number of aromatic nitrogens is 1. The zero-order valence-corrected chi connectivity index (χ0v) is 13.5. The van der Waals surface area contributed by atoms with Gasteiger partial charge in [-0.15, -0.1) is 11.3 Å². The average Bonchev–Trinajstić information content (AvgIpc) is 2.98. The summed E-state index contributed by atoms with van der Waals surface area (Å²) >= 11 is 5.26. The summed E-state index contributed by atoms with van der Waals surface area (Å²) in [6.07, 6.45) is 2.90. The van der Waals surface area contributed by atoms with E-state index >= 15 is 0 Å². The third kappa shape index (κ3) is 2.72. The number of nitrogens with zero attached hydrogens (tertiary/aromatic N) is 1. The standard InChI is InChI=1S/C16H15BrN2S/c1-2-13(15-7-4-8-20-15)19-14-6-3-5-11-9-12(17)10-18-16(11)14/h3-10,13,19H,2H2,1H3. The fourth-order valence-electron chi connectivity index (χ4n) is 2.30. The molecule has 1 atom stereocenters. The maximum absolute atomic E-state index is 4.54. The monoisotopic (exact) mass is 346 g/mol. The van der Waals surface area contributed by atoms with E-state index in [1.807, 2.05) is 6.20 Å². The molecule has 1 aromatic carbocycles. The Bertz CT molecular complexity index is 710. The molecule has 0 aliphatic heterocycles. The van der Waals surface area contributed by atoms with Gasteiger partial charge in [0.1, 0.15) is 0 Å². The first-order chi connectivity index (χ1) is 9.78. The van der Waals surface area contributed by atoms with Crippen molar-refractivity contribution < 1.29 is 0 Å². The lowest BCUT2D eigenvalue weighted by Gasteiger charge is -2.18. The molecule has 1 N–H and O–H groups in total. The summed E-state index contributed by atoms with van der Waals surface area (Å²) in [5.74, 6) is 0. The smallest absolute Gasteiger partial charge is 0.0934 e. The molecule has 3 aromatic rings. The van der Waals surface area contributed by atoms with E-state index in [1.165, 1.54) is 4.88 Å². The number of pyridine rings is 1. The van der Waals surface area contributed by atoms with Gasteiger partial charge >= 0.3 is 0 Å². The summed E-state index contributed by atoms with van der Waals surface area (Å²) < 4.78 is 1.01. The highest BCUT2D eigenvalue weighted by atomic mass is 79.9. The van der Waals surface area contributed by atoms with Gasteiger partial charge in [-0.3, -0.25) is 4.98 Å². The van der Waals surface area contributed by atoms with E-state index in [1.54, 1.807) is 11.3 Å². The Morgan fingerprint density at radius 2 is 2.20 bits per heavy atom. The first kappa shape index (κ1) is 13.6. The van der Waals surface area contributed by atoms with E-state index in [4.69, 9.17) is 0 Å². The minimum absolute atomic E-state index is 0.339. The van der Waals surface area contributed by atoms with E-state index in [0.29, 0.717) is 6.04 Å². The first-order valence-electron chi connectivity index (χ1n) is 6.62. The summed E-state index contributed by atoms with van der Waals surface area (Å²) in [6.45, 7) is 2.20. The van der Waals surface area contributed by atoms with Crippen molar-refractivity contribution in [3.8, 4) is 0 Å². The van der Waals surface area contributed by atoms with Crippen LogP contribution in [0.1, 0.15) is 24.3 Å². The molecule has 0 saturated heterocycles. The van der Waals surface area contributed by atoms with E-state index in [0.717, 1.165) is 27.5 Å². The van der Waals surface area contributed by atoms with Gasteiger partial charge in [0.15, 0.2) is 0 Å². The lowest BCUT2D eigenvalue weighted by atomic mass is 10.1. The topological polar surface area (TPSA) is 24.9 Å². The van der Waals surface area contributed by atoms with Crippen molar-refractivity contribution in [1.29, 1.82) is 0 Å². The number of nitrogens with one attached hydrogen (secondary N) is 1. The molecule has 1 unspecified atom stereocenters. The van der Waals surface area contributed by atoms with E-state index in [-0.39, 0.29) is 0 Å². The van der Waals surface area contributed by atoms with Gasteiger partial charge in [-0.25, -0.2) is 0 Å². The molecule has 2 aromatic heterocycles. The summed E-state index contributed by atoms with van der Waals surface area (Å²) in [5.41, 5.74) is 2.11. The van der Waals surface area contributed by atoms with Crippen LogP contribution < -0.4 is 5.32 Å². The fourth-order valence-corrected chi connectivity index (χ4v) is 3.51. The van der Waals surface area contributed by atoms with Gasteiger partial charge < -0.3 is 5.32 Å². The SMILES string of the molecule is CCC(Nc1cccc2cc(Br)cnc12)c1cccs1. The molecule has 0 saturated carbocycles. The normalized spacial score (nSPS) is 12.5. The second-order valence-electron chi connectivity index (χ2n) is 4.65. The van der Waals surface area contributed by atoms with Crippen molar-refractivity contribution in [3.05, 3.63) is 57.3 Å². The number of anilines is 1. The molecular weight excluding hydrogens is 332 g/mol. The Morgan fingerprint density at radius 1 is 1.30 bits per heavy atom. The Morgan fingerprint density at radius 3 is 2.95 bits per heavy atom. The fraction of sp³-hybridized carbons (Fsp3) is 0.188. The van der Waals surface area contributed by atoms with Gasteiger partial charge in [-0.2, -0.15) is 0 Å². The molecule has 0 amide bonds. The third-order valence-corrected chi connectivity index (χ3v) is 4.72. The highest BCUT2D eigenvalue weighted by Crippen LogP contribution is 2.30. The number of fused-ring (bicyclic) bond motifs is 1. The Kier molecular flexibility index (Phi) is 4.03. The number of para-hydroxylation sites is 1. The predicted molar refractivity (Wildman–Crippen MR) is 90.4 cm³/mol. The molecule has 2 nitrogen and oxygen atoms in total. The average molecular weight is 347 g/mol. The molecule has 0 radical (unpaired) electrons. The second kappa shape index (κ2) is 5.94. The first-order valence-corrected chi connectivity index (χ1v) is 8.29. The Balaban J connectivity index is 1.98. The van der Waals surface area contributed by atoms with Crippen LogP contribution in [0.4, 0.5) is 5.69 Å². The minimum atomic E-state index is 0.339. The zero-order chi connectivity index (χ0) is 13.9. The number of rotatable bonds is 4. The van der Waals surface area contributed by atoms with Gasteiger partial charge in [-0.05, 0) is 45.9 Å². The lowest BCUT2D eigenvalue weighted by Crippen LogP contribution is -2.08. The van der Waals surface area contributed by atoms with Crippen LogP contribution in [0.25, 0.3) is 10.9 Å². The predicted octanol–water partition coefficient (Wildman–Crippen LogP) is 5.62. The molecular formula is C16H15BrN2S. The maximum atomic E-state index is 4.54. The second-order valence-corrected chi connectivity index (χ2v) is 6.55. The molecule has 0 aliphatic rings. The van der Waals surface area contributed by atoms with Crippen LogP contribution >= 0.6 is 27.3 Å². The number of hydrogen-bond acceptors (Lipinski definition) is 3. The maximum Gasteiger partial charge on any atom is 0.0934 e. The third-order valence-electron chi connectivity index (χ3n) is 3.30. The van der Waals surface area contributed by atoms with Gasteiger partial charge in [-0.1, -0.05) is 25.1 Å². The van der Waals surface area contributed by atoms with Gasteiger partial charge in [0.05, 0.1) is 17.2 Å². The van der Waals surface area contributed by atoms with Gasteiger partial charge in [0.2, 0.25) is 0 Å². The molecule has 20 heavy (non-hydrogen) atoms. The van der Waals surface area contributed by atoms with Crippen LogP contribution in [0.5, 0.6) is 0 Å². The summed E-state index contributed by atoms with van der Waals surface area (Å²) in [5, 5.41) is 6.89. The van der Waals surface area contributed by atoms with Crippen LogP contribution in [-0.2, 0) is 0 Å². The van der Waals surface area contributed by atoms with Crippen molar-refractivity contribution in [1.82, 2.24) is 4.98 Å². The number of thiophene rings is 1. The quantitative estimate of drug-likeness (QED) is 0.662. The van der Waals surface area contributed by atoms with Crippen molar-refractivity contribution in [2.75, 3.05) is 5.32 Å². The molecule has 0 spiro atoms. The van der Waals surface area contributed by atoms with E-state index < -0.39 is 0 Å². The highest BCUT2D eigenvalue weighted by Gasteiger charge is 2.12. The lowest BCUT2D eigenvalue weighted by molar-refractivity contribution is 0.765. The molecule has 4 heteroatoms. The van der Waals surface area contributed by atoms with Crippen molar-refractivity contribution in [2.45, 2.75) is 19.4 Å². The van der Waals surface area contributed by atoms with Crippen molar-refractivity contribution >= 4 is 43.9 Å². The van der Waals surface area contributed by atoms with Crippen LogP contribution in [0.15, 0.2) is 52.4 Å². The van der Waals surface area contributed by atoms with Crippen molar-refractivity contribution in [3.63, 3.8) is 0 Å². The van der Waals surface area contributed by atoms with E-state index in [9.17, 15) is 0 Å². The number of benzene rings is 1. The van der Waals surface area contributed by atoms with Crippen LogP contribution in [0.3, 0.4) is 0 Å². The Hall–Kier alpha value is -1.39. The minimum Gasteiger partial charge on any atom is -0.376 e. The van der Waals surface area contributed by atoms with E-state index in [2.05, 4.69) is 74.9 Å². The molecule has 3 rings (SSSR count). The van der Waals surface area contributed by atoms with Crippen LogP contribution in [-0.4, -0.2) is 4.98 Å². The highest BCUT2D eigenvalue weighted by molar-refractivity contribution is 9.10. The molecule has 2 heterocycles. The summed E-state index contributed by atoms with van der Waals surface area (Å²) in [6, 6.07) is 13.0. The van der Waals surface area contributed by atoms with Crippen LogP contribution in [0.2, 0.25) is 0 Å². The van der Waals surface area contributed by atoms with Gasteiger partial charge in [0, 0.05) is 20.9 Å². The zero-order valence-electron chi connectivity index (χ0n) is 11.1. The summed E-state index contributed by atoms with van der Waals surface area (Å²) in [7, 11) is 0. The number of halogens is 1. The van der Waals surface area contributed by atoms with Crippen molar-refractivity contribution in [2.24, 2.45) is 0 Å². The molecule has 0 fully saturated rings. The molecule has 102 valence electrons. The molecule has 0 bridgehead atoms. The van der Waals surface area contributed by atoms with Crippen LogP contribution in [0, 0.1) is 0 Å². The van der Waals surface area contributed by atoms with Gasteiger partial charge in [0.25, 0.3) is 0 Å². The molecule has 0 aliphatic carbocycles. The largest absolute Gasteiger partial charge is 0.376 e. The Labute approximate surface area is 131 Å². The number of hydrogen-bond donors (Lipinski definition) is 1.